The van der Waals surface area contributed by atoms with Gasteiger partial charge in [0.25, 0.3) is 0 Å². The molecule has 0 spiro atoms. The number of methoxy groups -OCH3 is 1. The van der Waals surface area contributed by atoms with E-state index in [9.17, 15) is 17.6 Å². The molecule has 80 valence electrons. The molecule has 0 aromatic heterocycles. The van der Waals surface area contributed by atoms with Crippen LogP contribution in [0, 0.1) is 0 Å². The molecule has 0 fully saturated rings. The average molecular weight is 232 g/mol. The summed E-state index contributed by atoms with van der Waals surface area (Å²) in [4.78, 5) is 0. The first kappa shape index (κ1) is 11.3. The van der Waals surface area contributed by atoms with Crippen LogP contribution in [0.25, 0.3) is 0 Å². The molecule has 1 N–H and O–H groups in total. The standard InChI is InChI=1S/C7H6ClF4NO/c1-14-6(8)3-2-4(5(9)13-6)7(10,11)12/h2-3,13H,1H3. The van der Waals surface area contributed by atoms with E-state index in [1.165, 1.54) is 0 Å². The van der Waals surface area contributed by atoms with E-state index < -0.39 is 22.9 Å². The molecule has 0 saturated heterocycles. The van der Waals surface area contributed by atoms with Crippen molar-refractivity contribution in [2.45, 2.75) is 11.4 Å². The largest absolute Gasteiger partial charge is 0.420 e. The quantitative estimate of drug-likeness (QED) is 0.425. The van der Waals surface area contributed by atoms with Gasteiger partial charge >= 0.3 is 6.18 Å². The van der Waals surface area contributed by atoms with Crippen molar-refractivity contribution in [3.05, 3.63) is 23.7 Å². The van der Waals surface area contributed by atoms with Crippen molar-refractivity contribution in [3.8, 4) is 0 Å². The van der Waals surface area contributed by atoms with Gasteiger partial charge in [0, 0.05) is 7.11 Å². The summed E-state index contributed by atoms with van der Waals surface area (Å²) < 4.78 is 53.6. The maximum atomic E-state index is 12.9. The molecule has 0 bridgehead atoms. The summed E-state index contributed by atoms with van der Waals surface area (Å²) in [6, 6.07) is 0. The lowest BCUT2D eigenvalue weighted by Crippen LogP contribution is -2.41. The Balaban J connectivity index is 2.96. The van der Waals surface area contributed by atoms with Crippen LogP contribution in [0.4, 0.5) is 17.6 Å². The van der Waals surface area contributed by atoms with Gasteiger partial charge in [0.2, 0.25) is 11.1 Å². The third kappa shape index (κ3) is 2.19. The summed E-state index contributed by atoms with van der Waals surface area (Å²) in [6.07, 6.45) is -3.34. The fraction of sp³-hybridized carbons (Fsp3) is 0.429. The first-order valence-corrected chi connectivity index (χ1v) is 3.85. The van der Waals surface area contributed by atoms with Gasteiger partial charge in [0.05, 0.1) is 0 Å². The van der Waals surface area contributed by atoms with Gasteiger partial charge in [-0.05, 0) is 12.2 Å². The van der Waals surface area contributed by atoms with Crippen LogP contribution >= 0.6 is 11.6 Å². The molecule has 14 heavy (non-hydrogen) atoms. The molecule has 0 amide bonds. The van der Waals surface area contributed by atoms with Crippen LogP contribution in [-0.4, -0.2) is 18.5 Å². The number of halogens is 5. The molecule has 0 aromatic rings. The first-order chi connectivity index (χ1) is 6.28. The van der Waals surface area contributed by atoms with Crippen LogP contribution in [0.2, 0.25) is 0 Å². The molecule has 0 radical (unpaired) electrons. The minimum absolute atomic E-state index is 0.530. The molecule has 1 unspecified atom stereocenters. The van der Waals surface area contributed by atoms with Gasteiger partial charge in [-0.15, -0.1) is 0 Å². The van der Waals surface area contributed by atoms with Crippen LogP contribution in [0.15, 0.2) is 23.7 Å². The molecule has 7 heteroatoms. The minimum Gasteiger partial charge on any atom is -0.343 e. The van der Waals surface area contributed by atoms with Gasteiger partial charge in [-0.2, -0.15) is 17.6 Å². The van der Waals surface area contributed by atoms with Crippen molar-refractivity contribution in [3.63, 3.8) is 0 Å². The predicted octanol–water partition coefficient (Wildman–Crippen LogP) is 2.43. The highest BCUT2D eigenvalue weighted by Gasteiger charge is 2.40. The number of hydrogen-bond acceptors (Lipinski definition) is 2. The van der Waals surface area contributed by atoms with Gasteiger partial charge in [0.1, 0.15) is 5.57 Å². The zero-order chi connectivity index (χ0) is 11.0. The SMILES string of the molecule is COC1(Cl)C=CC(C(F)(F)F)=C(F)N1. The van der Waals surface area contributed by atoms with Gasteiger partial charge in [-0.3, -0.25) is 0 Å². The zero-order valence-corrected chi connectivity index (χ0v) is 7.71. The Hall–Kier alpha value is -0.750. The summed E-state index contributed by atoms with van der Waals surface area (Å²) in [7, 11) is 1.14. The summed E-state index contributed by atoms with van der Waals surface area (Å²) in [5.41, 5.74) is -1.41. The monoisotopic (exact) mass is 231 g/mol. The number of allylic oxidation sites excluding steroid dienone is 2. The maximum absolute atomic E-state index is 12.9. The number of rotatable bonds is 1. The van der Waals surface area contributed by atoms with Crippen LogP contribution in [-0.2, 0) is 4.74 Å². The van der Waals surface area contributed by atoms with E-state index in [1.807, 2.05) is 0 Å². The van der Waals surface area contributed by atoms with Gasteiger partial charge < -0.3 is 10.1 Å². The molecule has 0 saturated carbocycles. The highest BCUT2D eigenvalue weighted by Crippen LogP contribution is 2.34. The van der Waals surface area contributed by atoms with Crippen molar-refractivity contribution in [1.82, 2.24) is 5.32 Å². The van der Waals surface area contributed by atoms with Gasteiger partial charge in [-0.1, -0.05) is 11.6 Å². The first-order valence-electron chi connectivity index (χ1n) is 3.47. The number of alkyl halides is 4. The van der Waals surface area contributed by atoms with E-state index >= 15 is 0 Å². The number of hydrogen-bond donors (Lipinski definition) is 1. The Kier molecular flexibility index (Phi) is 2.78. The topological polar surface area (TPSA) is 21.3 Å². The molecule has 1 atom stereocenters. The van der Waals surface area contributed by atoms with Crippen molar-refractivity contribution in [1.29, 1.82) is 0 Å². The van der Waals surface area contributed by atoms with E-state index in [2.05, 4.69) is 4.74 Å². The molecule has 1 aliphatic rings. The Morgan fingerprint density at radius 2 is 2.07 bits per heavy atom. The summed E-state index contributed by atoms with van der Waals surface area (Å²) in [6.45, 7) is 0. The average Bonchev–Trinajstić information content (AvgIpc) is 2.01. The van der Waals surface area contributed by atoms with Crippen molar-refractivity contribution in [2.75, 3.05) is 7.11 Å². The van der Waals surface area contributed by atoms with E-state index in [0.717, 1.165) is 13.2 Å². The zero-order valence-electron chi connectivity index (χ0n) is 6.95. The lowest BCUT2D eigenvalue weighted by molar-refractivity contribution is -0.0918. The number of nitrogens with one attached hydrogen (secondary N) is 1. The lowest BCUT2D eigenvalue weighted by Gasteiger charge is -2.27. The fourth-order valence-corrected chi connectivity index (χ4v) is 1.01. The van der Waals surface area contributed by atoms with Gasteiger partial charge in [0.15, 0.2) is 0 Å². The molecular weight excluding hydrogens is 226 g/mol. The Morgan fingerprint density at radius 1 is 1.50 bits per heavy atom. The summed E-state index contributed by atoms with van der Waals surface area (Å²) in [5, 5.41) is -0.00279. The molecule has 0 aliphatic carbocycles. The smallest absolute Gasteiger partial charge is 0.343 e. The predicted molar refractivity (Wildman–Crippen MR) is 42.1 cm³/mol. The number of ether oxygens (including phenoxy) is 1. The second-order valence-corrected chi connectivity index (χ2v) is 3.09. The number of dihydropyridines is 1. The Labute approximate surface area is 82.2 Å². The van der Waals surface area contributed by atoms with Crippen LogP contribution in [0.5, 0.6) is 0 Å². The molecule has 1 heterocycles. The molecule has 1 rings (SSSR count). The van der Waals surface area contributed by atoms with E-state index in [1.54, 1.807) is 5.32 Å². The lowest BCUT2D eigenvalue weighted by atomic mass is 10.2. The minimum atomic E-state index is -4.75. The van der Waals surface area contributed by atoms with Gasteiger partial charge in [-0.25, -0.2) is 0 Å². The summed E-state index contributed by atoms with van der Waals surface area (Å²) >= 11 is 5.51. The van der Waals surface area contributed by atoms with Crippen LogP contribution in [0.3, 0.4) is 0 Å². The second kappa shape index (κ2) is 3.43. The highest BCUT2D eigenvalue weighted by molar-refractivity contribution is 6.24. The molecule has 1 aliphatic heterocycles. The van der Waals surface area contributed by atoms with Crippen LogP contribution in [0.1, 0.15) is 0 Å². The van der Waals surface area contributed by atoms with E-state index in [4.69, 9.17) is 11.6 Å². The van der Waals surface area contributed by atoms with Crippen molar-refractivity contribution < 1.29 is 22.3 Å². The molecule has 0 aromatic carbocycles. The summed E-state index contributed by atoms with van der Waals surface area (Å²) in [5.74, 6) is -1.56. The Morgan fingerprint density at radius 3 is 2.43 bits per heavy atom. The van der Waals surface area contributed by atoms with Crippen LogP contribution < -0.4 is 5.32 Å². The molecular formula is C7H6ClF4NO. The third-order valence-electron chi connectivity index (χ3n) is 1.58. The third-order valence-corrected chi connectivity index (χ3v) is 1.96. The van der Waals surface area contributed by atoms with E-state index in [0.29, 0.717) is 6.08 Å². The maximum Gasteiger partial charge on any atom is 0.420 e. The van der Waals surface area contributed by atoms with Crippen molar-refractivity contribution >= 4 is 11.6 Å². The highest BCUT2D eigenvalue weighted by atomic mass is 35.5. The Bertz CT molecular complexity index is 299. The second-order valence-electron chi connectivity index (χ2n) is 2.53. The molecule has 2 nitrogen and oxygen atoms in total. The van der Waals surface area contributed by atoms with Crippen molar-refractivity contribution in [2.24, 2.45) is 0 Å². The fourth-order valence-electron chi connectivity index (χ4n) is 0.860. The normalized spacial score (nSPS) is 27.9. The van der Waals surface area contributed by atoms with E-state index in [-0.39, 0.29) is 0 Å².